The van der Waals surface area contributed by atoms with Crippen molar-refractivity contribution in [2.45, 2.75) is 12.8 Å². The van der Waals surface area contributed by atoms with Gasteiger partial charge in [0.15, 0.2) is 5.69 Å². The van der Waals surface area contributed by atoms with Crippen LogP contribution in [0.3, 0.4) is 0 Å². The van der Waals surface area contributed by atoms with Gasteiger partial charge < -0.3 is 10.8 Å². The molecule has 2 aromatic rings. The molecule has 1 aromatic carbocycles. The van der Waals surface area contributed by atoms with Crippen LogP contribution in [0.5, 0.6) is 0 Å². The van der Waals surface area contributed by atoms with Gasteiger partial charge in [-0.25, -0.2) is 4.68 Å². The summed E-state index contributed by atoms with van der Waals surface area (Å²) in [5.41, 5.74) is 3.52. The number of aliphatic hydroxyl groups is 1. The van der Waals surface area contributed by atoms with Crippen LogP contribution < -0.4 is 5.73 Å². The molecular formula is C11H9F3N4O2. The molecule has 0 saturated carbocycles. The zero-order valence-corrected chi connectivity index (χ0v) is 9.92. The first-order chi connectivity index (χ1) is 9.34. The molecule has 1 heterocycles. The number of primary amides is 1. The molecule has 0 unspecified atom stereocenters. The van der Waals surface area contributed by atoms with E-state index in [0.717, 1.165) is 0 Å². The second-order valence-corrected chi connectivity index (χ2v) is 3.86. The van der Waals surface area contributed by atoms with Crippen molar-refractivity contribution in [1.82, 2.24) is 15.0 Å². The fourth-order valence-electron chi connectivity index (χ4n) is 1.65. The smallest absolute Gasteiger partial charge is 0.390 e. The molecule has 2 rings (SSSR count). The lowest BCUT2D eigenvalue weighted by Gasteiger charge is -2.10. The topological polar surface area (TPSA) is 94.0 Å². The second kappa shape index (κ2) is 4.93. The highest BCUT2D eigenvalue weighted by Crippen LogP contribution is 2.32. The van der Waals surface area contributed by atoms with Gasteiger partial charge in [-0.2, -0.15) is 13.2 Å². The lowest BCUT2D eigenvalue weighted by molar-refractivity contribution is -0.143. The number of aromatic nitrogens is 3. The van der Waals surface area contributed by atoms with Crippen molar-refractivity contribution in [2.24, 2.45) is 5.73 Å². The summed E-state index contributed by atoms with van der Waals surface area (Å²) in [6, 6.07) is 5.06. The van der Waals surface area contributed by atoms with Crippen LogP contribution in [0, 0.1) is 0 Å². The first kappa shape index (κ1) is 14.0. The Morgan fingerprint density at radius 2 is 1.90 bits per heavy atom. The van der Waals surface area contributed by atoms with Gasteiger partial charge in [-0.05, 0) is 24.3 Å². The number of hydrogen-bond donors (Lipinski definition) is 2. The monoisotopic (exact) mass is 286 g/mol. The molecule has 0 aliphatic heterocycles. The molecule has 3 N–H and O–H groups in total. The maximum absolute atomic E-state index is 12.9. The largest absolute Gasteiger partial charge is 0.435 e. The summed E-state index contributed by atoms with van der Waals surface area (Å²) >= 11 is 0. The molecule has 6 nitrogen and oxygen atoms in total. The first-order valence-electron chi connectivity index (χ1n) is 5.37. The van der Waals surface area contributed by atoms with Crippen LogP contribution in [0.25, 0.3) is 5.69 Å². The molecule has 1 aromatic heterocycles. The average molecular weight is 286 g/mol. The summed E-state index contributed by atoms with van der Waals surface area (Å²) in [7, 11) is 0. The van der Waals surface area contributed by atoms with Gasteiger partial charge >= 0.3 is 6.18 Å². The Bertz CT molecular complexity index is 634. The van der Waals surface area contributed by atoms with Gasteiger partial charge in [0.05, 0.1) is 12.3 Å². The van der Waals surface area contributed by atoms with Crippen LogP contribution in [0.2, 0.25) is 0 Å². The summed E-state index contributed by atoms with van der Waals surface area (Å²) in [5.74, 6) is -0.692. The standard InChI is InChI=1S/C11H9F3N4O2/c12-11(13,14)9-8(5-19)16-17-18(9)7-3-1-6(2-4-7)10(15)20/h1-4,19H,5H2,(H2,15,20). The normalized spacial score (nSPS) is 11.6. The van der Waals surface area contributed by atoms with Gasteiger partial charge in [0, 0.05) is 5.56 Å². The fraction of sp³-hybridized carbons (Fsp3) is 0.182. The zero-order chi connectivity index (χ0) is 14.9. The second-order valence-electron chi connectivity index (χ2n) is 3.86. The van der Waals surface area contributed by atoms with E-state index in [1.165, 1.54) is 24.3 Å². The van der Waals surface area contributed by atoms with Gasteiger partial charge in [-0.15, -0.1) is 5.10 Å². The number of benzene rings is 1. The number of aliphatic hydroxyl groups excluding tert-OH is 1. The Morgan fingerprint density at radius 3 is 2.35 bits per heavy atom. The molecule has 0 fully saturated rings. The van der Waals surface area contributed by atoms with Crippen LogP contribution in [0.1, 0.15) is 21.7 Å². The van der Waals surface area contributed by atoms with Gasteiger partial charge in [-0.1, -0.05) is 5.21 Å². The van der Waals surface area contributed by atoms with Crippen molar-refractivity contribution in [1.29, 1.82) is 0 Å². The van der Waals surface area contributed by atoms with Crippen molar-refractivity contribution in [2.75, 3.05) is 0 Å². The van der Waals surface area contributed by atoms with E-state index >= 15 is 0 Å². The van der Waals surface area contributed by atoms with Crippen molar-refractivity contribution >= 4 is 5.91 Å². The number of nitrogens with zero attached hydrogens (tertiary/aromatic N) is 3. The predicted molar refractivity (Wildman–Crippen MR) is 60.8 cm³/mol. The van der Waals surface area contributed by atoms with E-state index in [4.69, 9.17) is 10.8 Å². The van der Waals surface area contributed by atoms with Gasteiger partial charge in [0.2, 0.25) is 5.91 Å². The Morgan fingerprint density at radius 1 is 1.30 bits per heavy atom. The Kier molecular flexibility index (Phi) is 3.45. The minimum absolute atomic E-state index is 0.0505. The third-order valence-corrected chi connectivity index (χ3v) is 2.55. The minimum Gasteiger partial charge on any atom is -0.390 e. The van der Waals surface area contributed by atoms with E-state index in [9.17, 15) is 18.0 Å². The van der Waals surface area contributed by atoms with E-state index in [0.29, 0.717) is 4.68 Å². The van der Waals surface area contributed by atoms with Crippen LogP contribution in [0.4, 0.5) is 13.2 Å². The molecule has 0 aliphatic rings. The number of halogens is 3. The van der Waals surface area contributed by atoms with Crippen LogP contribution in [-0.2, 0) is 12.8 Å². The number of amides is 1. The zero-order valence-electron chi connectivity index (χ0n) is 9.92. The van der Waals surface area contributed by atoms with Crippen molar-refractivity contribution in [3.8, 4) is 5.69 Å². The Labute approximate surface area is 110 Å². The average Bonchev–Trinajstić information content (AvgIpc) is 2.82. The summed E-state index contributed by atoms with van der Waals surface area (Å²) in [6.45, 7) is -0.881. The van der Waals surface area contributed by atoms with Crippen LogP contribution >= 0.6 is 0 Å². The molecule has 1 amide bonds. The molecule has 0 radical (unpaired) electrons. The van der Waals surface area contributed by atoms with E-state index < -0.39 is 30.1 Å². The van der Waals surface area contributed by atoms with Crippen molar-refractivity contribution in [3.63, 3.8) is 0 Å². The predicted octanol–water partition coefficient (Wildman–Crippen LogP) is 0.877. The third kappa shape index (κ3) is 2.48. The number of alkyl halides is 3. The molecule has 0 spiro atoms. The van der Waals surface area contributed by atoms with Gasteiger partial charge in [-0.3, -0.25) is 4.79 Å². The summed E-state index contributed by atoms with van der Waals surface area (Å²) in [4.78, 5) is 10.9. The molecule has 9 heteroatoms. The van der Waals surface area contributed by atoms with E-state index in [1.54, 1.807) is 0 Å². The van der Waals surface area contributed by atoms with Crippen LogP contribution in [-0.4, -0.2) is 26.0 Å². The number of carbonyl (C=O) groups excluding carboxylic acids is 1. The summed E-state index contributed by atoms with van der Waals surface area (Å²) in [5, 5.41) is 15.5. The summed E-state index contributed by atoms with van der Waals surface area (Å²) in [6.07, 6.45) is -4.72. The van der Waals surface area contributed by atoms with Crippen LogP contribution in [0.15, 0.2) is 24.3 Å². The quantitative estimate of drug-likeness (QED) is 0.875. The highest BCUT2D eigenvalue weighted by molar-refractivity contribution is 5.92. The van der Waals surface area contributed by atoms with Gasteiger partial charge in [0.1, 0.15) is 5.69 Å². The molecular weight excluding hydrogens is 277 g/mol. The lowest BCUT2D eigenvalue weighted by Crippen LogP contribution is -2.16. The van der Waals surface area contributed by atoms with E-state index in [-0.39, 0.29) is 11.3 Å². The highest BCUT2D eigenvalue weighted by atomic mass is 19.4. The van der Waals surface area contributed by atoms with E-state index in [2.05, 4.69) is 10.3 Å². The molecule has 20 heavy (non-hydrogen) atoms. The molecule has 106 valence electrons. The SMILES string of the molecule is NC(=O)c1ccc(-n2nnc(CO)c2C(F)(F)F)cc1. The van der Waals surface area contributed by atoms with Gasteiger partial charge in [0.25, 0.3) is 0 Å². The Hall–Kier alpha value is -2.42. The highest BCUT2D eigenvalue weighted by Gasteiger charge is 2.39. The first-order valence-corrected chi connectivity index (χ1v) is 5.37. The molecule has 0 aliphatic carbocycles. The minimum atomic E-state index is -4.72. The van der Waals surface area contributed by atoms with Crippen molar-refractivity contribution < 1.29 is 23.1 Å². The number of rotatable bonds is 3. The lowest BCUT2D eigenvalue weighted by atomic mass is 10.2. The Balaban J connectivity index is 2.53. The molecule has 0 saturated heterocycles. The number of carbonyl (C=O) groups is 1. The maximum atomic E-state index is 12.9. The maximum Gasteiger partial charge on any atom is 0.435 e. The third-order valence-electron chi connectivity index (χ3n) is 2.55. The summed E-state index contributed by atoms with van der Waals surface area (Å²) < 4.78 is 39.4. The van der Waals surface area contributed by atoms with E-state index in [1.807, 2.05) is 0 Å². The number of hydrogen-bond acceptors (Lipinski definition) is 4. The molecule has 0 bridgehead atoms. The molecule has 0 atom stereocenters. The number of nitrogens with two attached hydrogens (primary N) is 1. The fourth-order valence-corrected chi connectivity index (χ4v) is 1.65. The van der Waals surface area contributed by atoms with Crippen molar-refractivity contribution in [3.05, 3.63) is 41.2 Å².